The molecule has 0 heterocycles. The molecule has 3 N–H and O–H groups in total. The SMILES string of the molecule is CCC(C)(c1ccccc1)C(c1ccc(O)cc1)(c1ccc(O)cc1)c1ccc(O)cc1. The van der Waals surface area contributed by atoms with Crippen LogP contribution in [0.5, 0.6) is 17.2 Å². The summed E-state index contributed by atoms with van der Waals surface area (Å²) in [5.41, 5.74) is 3.15. The maximum Gasteiger partial charge on any atom is 0.115 e. The minimum absolute atomic E-state index is 0.206. The Morgan fingerprint density at radius 3 is 1.16 bits per heavy atom. The first-order chi connectivity index (χ1) is 15.4. The average Bonchev–Trinajstić information content (AvgIpc) is 2.83. The van der Waals surface area contributed by atoms with Crippen molar-refractivity contribution < 1.29 is 15.3 Å². The van der Waals surface area contributed by atoms with Crippen molar-refractivity contribution in [2.24, 2.45) is 0 Å². The largest absolute Gasteiger partial charge is 0.508 e. The highest BCUT2D eigenvalue weighted by Gasteiger charge is 2.51. The van der Waals surface area contributed by atoms with Gasteiger partial charge in [0.05, 0.1) is 5.41 Å². The van der Waals surface area contributed by atoms with Gasteiger partial charge in [0.2, 0.25) is 0 Å². The first kappa shape index (κ1) is 21.5. The Labute approximate surface area is 189 Å². The predicted molar refractivity (Wildman–Crippen MR) is 128 cm³/mol. The van der Waals surface area contributed by atoms with Gasteiger partial charge in [-0.3, -0.25) is 0 Å². The van der Waals surface area contributed by atoms with E-state index in [0.717, 1.165) is 23.1 Å². The Morgan fingerprint density at radius 1 is 0.500 bits per heavy atom. The summed E-state index contributed by atoms with van der Waals surface area (Å²) in [6.07, 6.45) is 0.819. The van der Waals surface area contributed by atoms with E-state index >= 15 is 0 Å². The molecule has 3 heteroatoms. The van der Waals surface area contributed by atoms with E-state index in [1.807, 2.05) is 42.5 Å². The van der Waals surface area contributed by atoms with E-state index in [9.17, 15) is 15.3 Å². The van der Waals surface area contributed by atoms with E-state index in [2.05, 4.69) is 38.1 Å². The van der Waals surface area contributed by atoms with Crippen molar-refractivity contribution in [3.8, 4) is 17.2 Å². The van der Waals surface area contributed by atoms with Gasteiger partial charge in [0.1, 0.15) is 17.2 Å². The van der Waals surface area contributed by atoms with Crippen molar-refractivity contribution in [3.05, 3.63) is 125 Å². The minimum atomic E-state index is -0.668. The van der Waals surface area contributed by atoms with Gasteiger partial charge in [-0.05, 0) is 65.1 Å². The van der Waals surface area contributed by atoms with Crippen molar-refractivity contribution in [1.29, 1.82) is 0 Å². The van der Waals surface area contributed by atoms with E-state index in [0.29, 0.717) is 0 Å². The maximum absolute atomic E-state index is 10.0. The Morgan fingerprint density at radius 2 is 0.844 bits per heavy atom. The van der Waals surface area contributed by atoms with Crippen LogP contribution >= 0.6 is 0 Å². The van der Waals surface area contributed by atoms with Crippen LogP contribution < -0.4 is 0 Å². The summed E-state index contributed by atoms with van der Waals surface area (Å²) in [7, 11) is 0. The van der Waals surface area contributed by atoms with Crippen LogP contribution in [0.4, 0.5) is 0 Å². The first-order valence-electron chi connectivity index (χ1n) is 10.9. The van der Waals surface area contributed by atoms with Crippen molar-refractivity contribution in [2.75, 3.05) is 0 Å². The van der Waals surface area contributed by atoms with Gasteiger partial charge in [-0.25, -0.2) is 0 Å². The average molecular weight is 425 g/mol. The highest BCUT2D eigenvalue weighted by Crippen LogP contribution is 2.55. The molecule has 3 nitrogen and oxygen atoms in total. The van der Waals surface area contributed by atoms with E-state index in [-0.39, 0.29) is 17.2 Å². The van der Waals surface area contributed by atoms with Gasteiger partial charge >= 0.3 is 0 Å². The number of phenols is 3. The lowest BCUT2D eigenvalue weighted by Crippen LogP contribution is -2.49. The highest BCUT2D eigenvalue weighted by atomic mass is 16.3. The fourth-order valence-electron chi connectivity index (χ4n) is 5.08. The molecule has 0 radical (unpaired) electrons. The molecule has 0 fully saturated rings. The topological polar surface area (TPSA) is 60.7 Å². The van der Waals surface area contributed by atoms with E-state index in [4.69, 9.17) is 0 Å². The van der Waals surface area contributed by atoms with Gasteiger partial charge in [-0.2, -0.15) is 0 Å². The van der Waals surface area contributed by atoms with Gasteiger partial charge in [-0.15, -0.1) is 0 Å². The number of rotatable bonds is 6. The quantitative estimate of drug-likeness (QED) is 0.309. The summed E-state index contributed by atoms with van der Waals surface area (Å²) < 4.78 is 0. The monoisotopic (exact) mass is 424 g/mol. The summed E-state index contributed by atoms with van der Waals surface area (Å²) in [4.78, 5) is 0. The number of phenolic OH excluding ortho intramolecular Hbond substituents is 3. The molecular weight excluding hydrogens is 396 g/mol. The van der Waals surface area contributed by atoms with E-state index < -0.39 is 10.8 Å². The van der Waals surface area contributed by atoms with Crippen LogP contribution in [-0.4, -0.2) is 15.3 Å². The van der Waals surface area contributed by atoms with E-state index in [1.165, 1.54) is 5.56 Å². The molecule has 162 valence electrons. The van der Waals surface area contributed by atoms with Crippen molar-refractivity contribution in [3.63, 3.8) is 0 Å². The van der Waals surface area contributed by atoms with Gasteiger partial charge < -0.3 is 15.3 Å². The molecule has 0 amide bonds. The Kier molecular flexibility index (Phi) is 5.67. The summed E-state index contributed by atoms with van der Waals surface area (Å²) >= 11 is 0. The minimum Gasteiger partial charge on any atom is -0.508 e. The van der Waals surface area contributed by atoms with Crippen molar-refractivity contribution >= 4 is 0 Å². The molecule has 4 aromatic rings. The molecule has 1 unspecified atom stereocenters. The summed E-state index contributed by atoms with van der Waals surface area (Å²) in [5.74, 6) is 0.617. The van der Waals surface area contributed by atoms with Crippen LogP contribution in [0.25, 0.3) is 0 Å². The van der Waals surface area contributed by atoms with Crippen LogP contribution in [0.15, 0.2) is 103 Å². The molecule has 0 saturated carbocycles. The fraction of sp³-hybridized carbons (Fsp3) is 0.172. The Bertz CT molecular complexity index is 1050. The third kappa shape index (κ3) is 3.40. The molecule has 0 aliphatic carbocycles. The second-order valence-electron chi connectivity index (χ2n) is 8.44. The van der Waals surface area contributed by atoms with E-state index in [1.54, 1.807) is 36.4 Å². The van der Waals surface area contributed by atoms with Crippen LogP contribution in [-0.2, 0) is 10.8 Å². The summed E-state index contributed by atoms with van der Waals surface area (Å²) in [6, 6.07) is 32.5. The van der Waals surface area contributed by atoms with Crippen LogP contribution in [0.3, 0.4) is 0 Å². The Balaban J connectivity index is 2.17. The van der Waals surface area contributed by atoms with Crippen molar-refractivity contribution in [1.82, 2.24) is 0 Å². The fourth-order valence-corrected chi connectivity index (χ4v) is 5.08. The van der Waals surface area contributed by atoms with Gasteiger partial charge in [0.15, 0.2) is 0 Å². The van der Waals surface area contributed by atoms with Gasteiger partial charge in [0, 0.05) is 5.41 Å². The molecule has 1 atom stereocenters. The normalized spacial score (nSPS) is 13.4. The number of hydrogen-bond donors (Lipinski definition) is 3. The molecule has 0 aliphatic heterocycles. The lowest BCUT2D eigenvalue weighted by molar-refractivity contribution is 0.313. The number of hydrogen-bond acceptors (Lipinski definition) is 3. The van der Waals surface area contributed by atoms with Crippen LogP contribution in [0.1, 0.15) is 42.5 Å². The van der Waals surface area contributed by atoms with Gasteiger partial charge in [0.25, 0.3) is 0 Å². The second kappa shape index (κ2) is 8.43. The number of benzene rings is 4. The molecule has 0 bridgehead atoms. The standard InChI is InChI=1S/C29H28O3/c1-3-28(2,21-7-5-4-6-8-21)29(22-9-15-25(30)16-10-22,23-11-17-26(31)18-12-23)24-13-19-27(32)20-14-24/h4-20,30-32H,3H2,1-2H3. The maximum atomic E-state index is 10.0. The van der Waals surface area contributed by atoms with Crippen LogP contribution in [0, 0.1) is 0 Å². The smallest absolute Gasteiger partial charge is 0.115 e. The zero-order chi connectivity index (χ0) is 22.8. The lowest BCUT2D eigenvalue weighted by Gasteiger charge is -2.51. The lowest BCUT2D eigenvalue weighted by atomic mass is 9.51. The van der Waals surface area contributed by atoms with Gasteiger partial charge in [-0.1, -0.05) is 80.6 Å². The molecular formula is C29H28O3. The molecule has 0 aliphatic rings. The second-order valence-corrected chi connectivity index (χ2v) is 8.44. The predicted octanol–water partition coefficient (Wildman–Crippen LogP) is 6.51. The molecule has 4 aromatic carbocycles. The zero-order valence-electron chi connectivity index (χ0n) is 18.4. The summed E-state index contributed by atoms with van der Waals surface area (Å²) in [6.45, 7) is 4.44. The first-order valence-corrected chi connectivity index (χ1v) is 10.9. The molecule has 0 spiro atoms. The molecule has 4 rings (SSSR count). The molecule has 0 saturated heterocycles. The van der Waals surface area contributed by atoms with Crippen LogP contribution in [0.2, 0.25) is 0 Å². The summed E-state index contributed by atoms with van der Waals surface area (Å²) in [5, 5.41) is 30.1. The highest BCUT2D eigenvalue weighted by molar-refractivity contribution is 5.58. The third-order valence-corrected chi connectivity index (χ3v) is 6.85. The molecule has 0 aromatic heterocycles. The van der Waals surface area contributed by atoms with Crippen molar-refractivity contribution in [2.45, 2.75) is 31.1 Å². The zero-order valence-corrected chi connectivity index (χ0v) is 18.4. The number of aromatic hydroxyl groups is 3. The molecule has 32 heavy (non-hydrogen) atoms. The third-order valence-electron chi connectivity index (χ3n) is 6.85. The Hall–Kier alpha value is -3.72.